The fourth-order valence-electron chi connectivity index (χ4n) is 3.34. The van der Waals surface area contributed by atoms with Crippen LogP contribution in [0.1, 0.15) is 44.4 Å². The number of carbonyl (C=O) groups excluding carboxylic acids is 3. The molecular formula is C25H34BrN7O5. The van der Waals surface area contributed by atoms with Gasteiger partial charge in [-0.3, -0.25) is 14.0 Å². The van der Waals surface area contributed by atoms with Crippen molar-refractivity contribution in [2.45, 2.75) is 46.1 Å². The van der Waals surface area contributed by atoms with Crippen molar-refractivity contribution in [3.8, 4) is 0 Å². The Labute approximate surface area is 229 Å². The van der Waals surface area contributed by atoms with Crippen LogP contribution < -0.4 is 16.8 Å². The highest BCUT2D eigenvalue weighted by atomic mass is 79.9. The van der Waals surface area contributed by atoms with Gasteiger partial charge in [-0.25, -0.2) is 4.79 Å². The minimum Gasteiger partial charge on any atom is -0.443 e. The molecule has 3 amide bonds. The SMILES string of the molecule is C.CN(CC(N)=O)C(=O)OCc1cccc2nnc([C@@H](COCc3ccccc3Br)NC(=O)C(C)(C)N)n12. The van der Waals surface area contributed by atoms with Gasteiger partial charge >= 0.3 is 6.09 Å². The molecule has 0 bridgehead atoms. The molecule has 0 aliphatic rings. The number of halogens is 1. The first-order valence-electron chi connectivity index (χ1n) is 11.4. The van der Waals surface area contributed by atoms with E-state index in [-0.39, 0.29) is 33.8 Å². The number of amides is 3. The normalized spacial score (nSPS) is 11.9. The lowest BCUT2D eigenvalue weighted by Gasteiger charge is -2.24. The minimum absolute atomic E-state index is 0. The van der Waals surface area contributed by atoms with Crippen LogP contribution in [0, 0.1) is 0 Å². The summed E-state index contributed by atoms with van der Waals surface area (Å²) in [5.41, 5.74) is 12.0. The Bertz CT molecular complexity index is 1270. The van der Waals surface area contributed by atoms with Crippen LogP contribution in [0.4, 0.5) is 4.79 Å². The zero-order chi connectivity index (χ0) is 27.2. The van der Waals surface area contributed by atoms with Crippen LogP contribution in [-0.2, 0) is 32.3 Å². The predicted octanol–water partition coefficient (Wildman–Crippen LogP) is 2.29. The summed E-state index contributed by atoms with van der Waals surface area (Å²) >= 11 is 3.50. The second kappa shape index (κ2) is 13.3. The van der Waals surface area contributed by atoms with Gasteiger partial charge in [0.15, 0.2) is 11.5 Å². The summed E-state index contributed by atoms with van der Waals surface area (Å²) in [5.74, 6) is -0.695. The molecule has 38 heavy (non-hydrogen) atoms. The maximum atomic E-state index is 12.8. The third-order valence-corrected chi connectivity index (χ3v) is 6.06. The summed E-state index contributed by atoms with van der Waals surface area (Å²) in [7, 11) is 1.40. The number of hydrogen-bond donors (Lipinski definition) is 3. The number of aromatic nitrogens is 3. The predicted molar refractivity (Wildman–Crippen MR) is 145 cm³/mol. The molecular weight excluding hydrogens is 558 g/mol. The Kier molecular flexibility index (Phi) is 10.7. The van der Waals surface area contributed by atoms with Crippen molar-refractivity contribution in [1.29, 1.82) is 0 Å². The maximum absolute atomic E-state index is 12.8. The molecule has 0 saturated heterocycles. The minimum atomic E-state index is -1.15. The van der Waals surface area contributed by atoms with Crippen molar-refractivity contribution in [3.05, 3.63) is 64.0 Å². The molecule has 13 heteroatoms. The average Bonchev–Trinajstić information content (AvgIpc) is 3.26. The van der Waals surface area contributed by atoms with Crippen LogP contribution in [-0.4, -0.2) is 63.1 Å². The van der Waals surface area contributed by atoms with E-state index in [1.165, 1.54) is 7.05 Å². The molecule has 2 aromatic heterocycles. The molecule has 1 atom stereocenters. The lowest BCUT2D eigenvalue weighted by Crippen LogP contribution is -2.51. The second-order valence-electron chi connectivity index (χ2n) is 9.00. The van der Waals surface area contributed by atoms with E-state index in [4.69, 9.17) is 20.9 Å². The number of nitrogens with one attached hydrogen (secondary N) is 1. The van der Waals surface area contributed by atoms with Crippen LogP contribution in [0.15, 0.2) is 46.9 Å². The van der Waals surface area contributed by atoms with Crippen LogP contribution >= 0.6 is 15.9 Å². The van der Waals surface area contributed by atoms with Gasteiger partial charge in [0.1, 0.15) is 19.2 Å². The van der Waals surface area contributed by atoms with Gasteiger partial charge in [-0.15, -0.1) is 10.2 Å². The number of nitrogens with zero attached hydrogens (tertiary/aromatic N) is 4. The number of rotatable bonds is 11. The largest absolute Gasteiger partial charge is 0.443 e. The standard InChI is InChI=1S/C24H30BrN7O5.CH4/c1-24(2,27)22(34)28-18(14-36-12-15-7-4-5-9-17(15)25)21-30-29-20-10-6-8-16(32(20)21)13-37-23(35)31(3)11-19(26)33;/h4-10,18H,11-14,27H2,1-3H3,(H2,26,33)(H,28,34);1H4/t18-;/m1./s1. The monoisotopic (exact) mass is 591 g/mol. The Morgan fingerprint density at radius 3 is 2.50 bits per heavy atom. The molecule has 12 nitrogen and oxygen atoms in total. The van der Waals surface area contributed by atoms with Crippen molar-refractivity contribution in [1.82, 2.24) is 24.8 Å². The quantitative estimate of drug-likeness (QED) is 0.305. The van der Waals surface area contributed by atoms with E-state index in [2.05, 4.69) is 31.4 Å². The average molecular weight is 592 g/mol. The topological polar surface area (TPSA) is 167 Å². The first-order chi connectivity index (χ1) is 17.5. The fourth-order valence-corrected chi connectivity index (χ4v) is 3.74. The molecule has 1 aromatic carbocycles. The van der Waals surface area contributed by atoms with Gasteiger partial charge in [-0.05, 0) is 37.6 Å². The molecule has 0 unspecified atom stereocenters. The summed E-state index contributed by atoms with van der Waals surface area (Å²) < 4.78 is 13.9. The fraction of sp³-hybridized carbons (Fsp3) is 0.400. The number of fused-ring (bicyclic) bond motifs is 1. The highest BCUT2D eigenvalue weighted by molar-refractivity contribution is 9.10. The second-order valence-corrected chi connectivity index (χ2v) is 9.85. The number of benzene rings is 1. The number of pyridine rings is 1. The molecule has 0 aliphatic heterocycles. The van der Waals surface area contributed by atoms with Crippen LogP contribution in [0.25, 0.3) is 5.65 Å². The molecule has 3 rings (SSSR count). The van der Waals surface area contributed by atoms with Gasteiger partial charge in [0.25, 0.3) is 0 Å². The first kappa shape index (κ1) is 30.7. The third-order valence-electron chi connectivity index (χ3n) is 5.28. The van der Waals surface area contributed by atoms with E-state index in [0.29, 0.717) is 17.2 Å². The van der Waals surface area contributed by atoms with E-state index in [9.17, 15) is 14.4 Å². The van der Waals surface area contributed by atoms with E-state index < -0.39 is 29.5 Å². The van der Waals surface area contributed by atoms with Gasteiger partial charge < -0.3 is 31.2 Å². The Morgan fingerprint density at radius 2 is 1.84 bits per heavy atom. The van der Waals surface area contributed by atoms with Crippen molar-refractivity contribution in [2.75, 3.05) is 20.2 Å². The molecule has 0 spiro atoms. The molecule has 5 N–H and O–H groups in total. The summed E-state index contributed by atoms with van der Waals surface area (Å²) in [6, 6.07) is 12.1. The van der Waals surface area contributed by atoms with E-state index >= 15 is 0 Å². The van der Waals surface area contributed by atoms with E-state index in [1.807, 2.05) is 24.3 Å². The van der Waals surface area contributed by atoms with Crippen molar-refractivity contribution in [2.24, 2.45) is 11.5 Å². The zero-order valence-corrected chi connectivity index (χ0v) is 22.4. The molecule has 206 valence electrons. The van der Waals surface area contributed by atoms with Gasteiger partial charge in [0.2, 0.25) is 11.8 Å². The van der Waals surface area contributed by atoms with Crippen LogP contribution in [0.2, 0.25) is 0 Å². The Morgan fingerprint density at radius 1 is 1.13 bits per heavy atom. The molecule has 0 radical (unpaired) electrons. The lowest BCUT2D eigenvalue weighted by molar-refractivity contribution is -0.126. The molecule has 0 saturated carbocycles. The Hall–Kier alpha value is -3.55. The number of ether oxygens (including phenoxy) is 2. The number of primary amides is 1. The number of nitrogens with two attached hydrogens (primary N) is 2. The Balaban J connectivity index is 0.00000507. The van der Waals surface area contributed by atoms with Crippen molar-refractivity contribution < 1.29 is 23.9 Å². The lowest BCUT2D eigenvalue weighted by atomic mass is 10.1. The highest BCUT2D eigenvalue weighted by Crippen LogP contribution is 2.20. The van der Waals surface area contributed by atoms with Gasteiger partial charge in [0, 0.05) is 11.5 Å². The van der Waals surface area contributed by atoms with Crippen LogP contribution in [0.5, 0.6) is 0 Å². The van der Waals surface area contributed by atoms with E-state index in [0.717, 1.165) is 14.9 Å². The highest BCUT2D eigenvalue weighted by Gasteiger charge is 2.28. The van der Waals surface area contributed by atoms with Crippen molar-refractivity contribution in [3.63, 3.8) is 0 Å². The first-order valence-corrected chi connectivity index (χ1v) is 12.2. The van der Waals surface area contributed by atoms with Crippen LogP contribution in [0.3, 0.4) is 0 Å². The third kappa shape index (κ3) is 7.97. The summed E-state index contributed by atoms with van der Waals surface area (Å²) in [6.45, 7) is 3.12. The van der Waals surface area contributed by atoms with Gasteiger partial charge in [-0.2, -0.15) is 0 Å². The smallest absolute Gasteiger partial charge is 0.410 e. The molecule has 0 fully saturated rings. The summed E-state index contributed by atoms with van der Waals surface area (Å²) in [6.07, 6.45) is -0.725. The van der Waals surface area contributed by atoms with Crippen molar-refractivity contribution >= 4 is 39.5 Å². The maximum Gasteiger partial charge on any atom is 0.410 e. The molecule has 0 aliphatic carbocycles. The number of hydrogen-bond acceptors (Lipinski definition) is 8. The van der Waals surface area contributed by atoms with Gasteiger partial charge in [0.05, 0.1) is 24.4 Å². The molecule has 3 aromatic rings. The summed E-state index contributed by atoms with van der Waals surface area (Å²) in [5, 5.41) is 11.4. The summed E-state index contributed by atoms with van der Waals surface area (Å²) in [4.78, 5) is 37.2. The number of carbonyl (C=O) groups is 3. The number of likely N-dealkylation sites (N-methyl/N-ethyl adjacent to an activating group) is 1. The van der Waals surface area contributed by atoms with Gasteiger partial charge in [-0.1, -0.05) is 47.6 Å². The van der Waals surface area contributed by atoms with E-state index in [1.54, 1.807) is 36.4 Å². The zero-order valence-electron chi connectivity index (χ0n) is 20.8. The molecule has 2 heterocycles.